The van der Waals surface area contributed by atoms with Crippen LogP contribution in [0.2, 0.25) is 0 Å². The van der Waals surface area contributed by atoms with Crippen molar-refractivity contribution in [1.29, 1.82) is 0 Å². The summed E-state index contributed by atoms with van der Waals surface area (Å²) >= 11 is 0. The van der Waals surface area contributed by atoms with Crippen LogP contribution in [0.1, 0.15) is 452 Å². The maximum Gasteiger partial charge on any atom is 0.472 e. The summed E-state index contributed by atoms with van der Waals surface area (Å²) < 4.78 is 68.9. The Bertz CT molecular complexity index is 2000. The van der Waals surface area contributed by atoms with Crippen LogP contribution in [0.25, 0.3) is 0 Å². The lowest BCUT2D eigenvalue weighted by atomic mass is 9.99. The number of hydrogen-bond acceptors (Lipinski definition) is 15. The molecule has 19 heteroatoms. The maximum atomic E-state index is 13.1. The highest BCUT2D eigenvalue weighted by molar-refractivity contribution is 7.47. The van der Waals surface area contributed by atoms with Gasteiger partial charge in [-0.3, -0.25) is 37.3 Å². The number of unbranched alkanes of at least 4 members (excludes halogenated alkanes) is 53. The fraction of sp³-hybridized carbons (Fsp3) is 0.953. The van der Waals surface area contributed by atoms with E-state index in [0.717, 1.165) is 102 Å². The van der Waals surface area contributed by atoms with Gasteiger partial charge >= 0.3 is 39.5 Å². The van der Waals surface area contributed by atoms with Crippen LogP contribution in [0, 0.1) is 11.8 Å². The number of phosphoric acid groups is 2. The number of esters is 4. The van der Waals surface area contributed by atoms with Gasteiger partial charge in [-0.15, -0.1) is 0 Å². The van der Waals surface area contributed by atoms with E-state index in [9.17, 15) is 43.2 Å². The Labute approximate surface area is 638 Å². The van der Waals surface area contributed by atoms with Crippen LogP contribution in [0.4, 0.5) is 0 Å². The van der Waals surface area contributed by atoms with Crippen molar-refractivity contribution in [2.24, 2.45) is 11.8 Å². The molecule has 0 aliphatic carbocycles. The first kappa shape index (κ1) is 102. The quantitative estimate of drug-likeness (QED) is 0.0222. The summed E-state index contributed by atoms with van der Waals surface area (Å²) in [7, 11) is -9.93. The number of carbonyl (C=O) groups excluding carboxylic acids is 4. The van der Waals surface area contributed by atoms with Gasteiger partial charge in [-0.05, 0) is 37.5 Å². The van der Waals surface area contributed by atoms with Crippen molar-refractivity contribution in [3.8, 4) is 0 Å². The summed E-state index contributed by atoms with van der Waals surface area (Å²) in [6.45, 7) is 9.70. The third-order valence-electron chi connectivity index (χ3n) is 20.3. The number of rotatable bonds is 84. The number of phosphoric ester groups is 2. The van der Waals surface area contributed by atoms with Crippen LogP contribution in [0.15, 0.2) is 0 Å². The molecule has 0 heterocycles. The summed E-state index contributed by atoms with van der Waals surface area (Å²) in [6, 6.07) is 0. The van der Waals surface area contributed by atoms with Crippen molar-refractivity contribution in [3.63, 3.8) is 0 Å². The number of carbonyl (C=O) groups is 4. The van der Waals surface area contributed by atoms with E-state index in [1.807, 2.05) is 0 Å². The molecule has 0 aliphatic rings. The van der Waals surface area contributed by atoms with Crippen LogP contribution in [-0.2, 0) is 65.4 Å². The smallest absolute Gasteiger partial charge is 0.462 e. The first-order valence-corrected chi connectivity index (χ1v) is 47.0. The van der Waals surface area contributed by atoms with Crippen LogP contribution in [-0.4, -0.2) is 96.7 Å². The molecule has 0 saturated heterocycles. The summed E-state index contributed by atoms with van der Waals surface area (Å²) in [4.78, 5) is 73.2. The molecule has 618 valence electrons. The van der Waals surface area contributed by atoms with E-state index in [-0.39, 0.29) is 25.7 Å². The maximum absolute atomic E-state index is 13.1. The largest absolute Gasteiger partial charge is 0.472 e. The number of aliphatic hydroxyl groups is 1. The van der Waals surface area contributed by atoms with E-state index in [2.05, 4.69) is 41.5 Å². The molecular formula is C85H166O17P2. The zero-order chi connectivity index (χ0) is 76.4. The second kappa shape index (κ2) is 76.4. The summed E-state index contributed by atoms with van der Waals surface area (Å²) in [5.41, 5.74) is 0. The highest BCUT2D eigenvalue weighted by Gasteiger charge is 2.30. The van der Waals surface area contributed by atoms with E-state index in [1.54, 1.807) is 0 Å². The molecule has 3 unspecified atom stereocenters. The first-order valence-electron chi connectivity index (χ1n) is 44.0. The van der Waals surface area contributed by atoms with Gasteiger partial charge in [0.05, 0.1) is 26.4 Å². The second-order valence-corrected chi connectivity index (χ2v) is 34.2. The number of hydrogen-bond donors (Lipinski definition) is 3. The third kappa shape index (κ3) is 76.8. The molecule has 0 aliphatic heterocycles. The van der Waals surface area contributed by atoms with Gasteiger partial charge in [-0.1, -0.05) is 401 Å². The first-order chi connectivity index (χ1) is 50.4. The molecule has 0 amide bonds. The Morgan fingerprint density at radius 1 is 0.279 bits per heavy atom. The van der Waals surface area contributed by atoms with Gasteiger partial charge < -0.3 is 33.8 Å². The van der Waals surface area contributed by atoms with E-state index in [4.69, 9.17) is 37.0 Å². The molecule has 0 aromatic rings. The van der Waals surface area contributed by atoms with Crippen molar-refractivity contribution < 1.29 is 80.2 Å². The Hall–Kier alpha value is -1.94. The van der Waals surface area contributed by atoms with Crippen LogP contribution in [0.5, 0.6) is 0 Å². The van der Waals surface area contributed by atoms with E-state index >= 15 is 0 Å². The molecule has 0 bridgehead atoms. The van der Waals surface area contributed by atoms with Gasteiger partial charge in [0, 0.05) is 25.7 Å². The molecule has 0 fully saturated rings. The van der Waals surface area contributed by atoms with Gasteiger partial charge in [0.1, 0.15) is 19.3 Å². The molecular weight excluding hydrogens is 1350 g/mol. The topological polar surface area (TPSA) is 237 Å². The monoisotopic (exact) mass is 1520 g/mol. The van der Waals surface area contributed by atoms with Crippen molar-refractivity contribution in [2.75, 3.05) is 39.6 Å². The van der Waals surface area contributed by atoms with E-state index < -0.39 is 97.5 Å². The van der Waals surface area contributed by atoms with Gasteiger partial charge in [0.2, 0.25) is 0 Å². The lowest BCUT2D eigenvalue weighted by Crippen LogP contribution is -2.30. The Kier molecular flexibility index (Phi) is 75.0. The third-order valence-corrected chi connectivity index (χ3v) is 22.2. The zero-order valence-electron chi connectivity index (χ0n) is 68.3. The van der Waals surface area contributed by atoms with Crippen LogP contribution < -0.4 is 0 Å². The highest BCUT2D eigenvalue weighted by atomic mass is 31.2. The Morgan fingerprint density at radius 3 is 0.731 bits per heavy atom. The fourth-order valence-corrected chi connectivity index (χ4v) is 14.8. The predicted molar refractivity (Wildman–Crippen MR) is 428 cm³/mol. The molecule has 17 nitrogen and oxygen atoms in total. The number of ether oxygens (including phenoxy) is 4. The van der Waals surface area contributed by atoms with Gasteiger partial charge in [-0.25, -0.2) is 9.13 Å². The fourth-order valence-electron chi connectivity index (χ4n) is 13.2. The molecule has 0 spiro atoms. The summed E-state index contributed by atoms with van der Waals surface area (Å²) in [6.07, 6.45) is 67.9. The minimum absolute atomic E-state index is 0.107. The van der Waals surface area contributed by atoms with Crippen LogP contribution >= 0.6 is 15.6 Å². The lowest BCUT2D eigenvalue weighted by Gasteiger charge is -2.21. The highest BCUT2D eigenvalue weighted by Crippen LogP contribution is 2.45. The molecule has 0 aromatic carbocycles. The number of aliphatic hydroxyl groups excluding tert-OH is 1. The molecule has 0 radical (unpaired) electrons. The van der Waals surface area contributed by atoms with E-state index in [1.165, 1.54) is 270 Å². The molecule has 0 aromatic heterocycles. The van der Waals surface area contributed by atoms with Crippen molar-refractivity contribution >= 4 is 39.5 Å². The van der Waals surface area contributed by atoms with E-state index in [0.29, 0.717) is 25.7 Å². The Morgan fingerprint density at radius 2 is 0.490 bits per heavy atom. The van der Waals surface area contributed by atoms with Crippen molar-refractivity contribution in [3.05, 3.63) is 0 Å². The lowest BCUT2D eigenvalue weighted by molar-refractivity contribution is -0.161. The Balaban J connectivity index is 5.24. The molecule has 3 N–H and O–H groups in total. The van der Waals surface area contributed by atoms with Crippen molar-refractivity contribution in [1.82, 2.24) is 0 Å². The zero-order valence-corrected chi connectivity index (χ0v) is 70.1. The summed E-state index contributed by atoms with van der Waals surface area (Å²) in [5, 5.41) is 10.7. The predicted octanol–water partition coefficient (Wildman–Crippen LogP) is 25.8. The average Bonchev–Trinajstić information content (AvgIpc) is 0.905. The van der Waals surface area contributed by atoms with Gasteiger partial charge in [0.25, 0.3) is 0 Å². The minimum Gasteiger partial charge on any atom is -0.462 e. The summed E-state index contributed by atoms with van der Waals surface area (Å²) in [5.74, 6) is -0.518. The molecule has 0 rings (SSSR count). The molecule has 0 saturated carbocycles. The average molecular weight is 1520 g/mol. The van der Waals surface area contributed by atoms with Gasteiger partial charge in [0.15, 0.2) is 12.2 Å². The van der Waals surface area contributed by atoms with Gasteiger partial charge in [-0.2, -0.15) is 0 Å². The minimum atomic E-state index is -4.96. The molecule has 6 atom stereocenters. The SMILES string of the molecule is CCCCCCCCCCCCCCCCCCCCCCCCC(=O)O[C@H](COC(=O)CCCCCCCCCCCCCCC(C)C)COP(=O)(O)OC[C@@H](O)COP(=O)(O)OC[C@@H](COC(=O)CCCCCCCCCCCCCCC)OC(=O)CCCCCCCCCCCCC(C)CC. The molecule has 104 heavy (non-hydrogen) atoms. The second-order valence-electron chi connectivity index (χ2n) is 31.3. The van der Waals surface area contributed by atoms with Crippen molar-refractivity contribution in [2.45, 2.75) is 471 Å². The normalized spacial score (nSPS) is 14.1. The standard InChI is InChI=1S/C85H166O17P2/c1-7-10-12-14-16-18-20-22-23-24-25-26-27-28-29-30-32-38-45-51-57-63-69-84(89)101-80(73-96-83(88)68-62-56-50-44-37-34-33-35-41-47-53-59-65-77(4)5)75-99-103(91,92)97-71-79(86)72-98-104(93,94)100-76-81(74-95-82(87)67-61-55-49-43-36-31-21-19-17-15-13-11-8-2)102-85(90)70-64-58-52-46-40-39-42-48-54-60-66-78(6)9-3/h77-81,86H,7-76H2,1-6H3,(H,91,92)(H,93,94)/t78?,79-,80-,81-/m1/s1. The van der Waals surface area contributed by atoms with Crippen LogP contribution in [0.3, 0.4) is 0 Å².